The number of aliphatic imine (C=N–C) groups is 1. The Bertz CT molecular complexity index is 1480. The monoisotopic (exact) mass is 433 g/mol. The van der Waals surface area contributed by atoms with Crippen molar-refractivity contribution in [1.82, 2.24) is 19.3 Å². The van der Waals surface area contributed by atoms with E-state index in [1.807, 2.05) is 54.2 Å². The highest BCUT2D eigenvalue weighted by molar-refractivity contribution is 6.15. The molecule has 8 nitrogen and oxygen atoms in total. The minimum atomic E-state index is -0.422. The predicted molar refractivity (Wildman–Crippen MR) is 122 cm³/mol. The Morgan fingerprint density at radius 3 is 2.73 bits per heavy atom. The van der Waals surface area contributed by atoms with Crippen LogP contribution in [0, 0.1) is 11.3 Å². The largest absolute Gasteiger partial charge is 0.422 e. The highest BCUT2D eigenvalue weighted by Gasteiger charge is 2.38. The van der Waals surface area contributed by atoms with Crippen molar-refractivity contribution < 1.29 is 4.74 Å². The summed E-state index contributed by atoms with van der Waals surface area (Å²) in [6, 6.07) is 18.4. The minimum absolute atomic E-state index is 0.0944. The first-order valence-corrected chi connectivity index (χ1v) is 10.5. The van der Waals surface area contributed by atoms with Crippen LogP contribution in [0.1, 0.15) is 33.9 Å². The van der Waals surface area contributed by atoms with Crippen LogP contribution in [0.2, 0.25) is 0 Å². The van der Waals surface area contributed by atoms with Gasteiger partial charge in [0, 0.05) is 30.7 Å². The van der Waals surface area contributed by atoms with E-state index in [2.05, 4.69) is 23.2 Å². The Kier molecular flexibility index (Phi) is 4.17. The van der Waals surface area contributed by atoms with Gasteiger partial charge in [0.15, 0.2) is 0 Å². The molecule has 2 aromatic heterocycles. The molecular weight excluding hydrogens is 414 g/mol. The maximum atomic E-state index is 10.0. The highest BCUT2D eigenvalue weighted by Crippen LogP contribution is 2.45. The molecule has 1 unspecified atom stereocenters. The summed E-state index contributed by atoms with van der Waals surface area (Å²) in [7, 11) is 1.81. The lowest BCUT2D eigenvalue weighted by Crippen LogP contribution is -2.22. The standard InChI is InChI=1S/C25H19N7O/c1-31-25-21(23(30-31)22-18-5-3-2-4-16(18)13-29-22)20(19(12-26)24(27)33-25)15-6-8-17(9-7-15)32-11-10-28-14-32/h2-11,14,20H,13,27H2,1H3. The number of aryl methyl sites for hydroxylation is 1. The number of nitrogens with two attached hydrogens (primary N) is 1. The lowest BCUT2D eigenvalue weighted by atomic mass is 9.82. The van der Waals surface area contributed by atoms with Gasteiger partial charge in [-0.1, -0.05) is 36.4 Å². The molecule has 0 amide bonds. The Balaban J connectivity index is 1.53. The number of hydrogen-bond donors (Lipinski definition) is 1. The average molecular weight is 433 g/mol. The first-order chi connectivity index (χ1) is 16.2. The molecule has 2 aliphatic heterocycles. The molecule has 2 aliphatic rings. The van der Waals surface area contributed by atoms with Crippen LogP contribution in [-0.4, -0.2) is 25.0 Å². The summed E-state index contributed by atoms with van der Waals surface area (Å²) in [6.45, 7) is 0.602. The van der Waals surface area contributed by atoms with E-state index >= 15 is 0 Å². The van der Waals surface area contributed by atoms with Crippen molar-refractivity contribution in [2.75, 3.05) is 0 Å². The molecule has 0 saturated carbocycles. The van der Waals surface area contributed by atoms with Crippen LogP contribution in [0.25, 0.3) is 5.69 Å². The third kappa shape index (κ3) is 2.87. The number of nitriles is 1. The van der Waals surface area contributed by atoms with Gasteiger partial charge in [-0.15, -0.1) is 0 Å². The van der Waals surface area contributed by atoms with Crippen molar-refractivity contribution in [3.63, 3.8) is 0 Å². The van der Waals surface area contributed by atoms with Gasteiger partial charge in [-0.05, 0) is 23.3 Å². The van der Waals surface area contributed by atoms with Crippen molar-refractivity contribution in [2.24, 2.45) is 17.8 Å². The summed E-state index contributed by atoms with van der Waals surface area (Å²) < 4.78 is 9.49. The first-order valence-electron chi connectivity index (χ1n) is 10.5. The van der Waals surface area contributed by atoms with Crippen LogP contribution in [0.5, 0.6) is 5.88 Å². The highest BCUT2D eigenvalue weighted by atomic mass is 16.5. The Morgan fingerprint density at radius 2 is 1.97 bits per heavy atom. The van der Waals surface area contributed by atoms with Crippen molar-refractivity contribution >= 4 is 5.71 Å². The fourth-order valence-electron chi connectivity index (χ4n) is 4.57. The molecule has 0 aliphatic carbocycles. The Labute approximate surface area is 189 Å². The molecule has 2 N–H and O–H groups in total. The van der Waals surface area contributed by atoms with Gasteiger partial charge < -0.3 is 15.0 Å². The molecule has 160 valence electrons. The zero-order chi connectivity index (χ0) is 22.5. The summed E-state index contributed by atoms with van der Waals surface area (Å²) in [5.74, 6) is 0.198. The zero-order valence-electron chi connectivity index (χ0n) is 17.8. The first kappa shape index (κ1) is 19.1. The number of ether oxygens (including phenoxy) is 1. The number of hydrogen-bond acceptors (Lipinski definition) is 6. The molecular formula is C25H19N7O. The fourth-order valence-corrected chi connectivity index (χ4v) is 4.57. The van der Waals surface area contributed by atoms with Crippen LogP contribution in [-0.2, 0) is 13.6 Å². The molecule has 0 saturated heterocycles. The van der Waals surface area contributed by atoms with Gasteiger partial charge in [-0.2, -0.15) is 10.4 Å². The summed E-state index contributed by atoms with van der Waals surface area (Å²) in [6.07, 6.45) is 5.36. The smallest absolute Gasteiger partial charge is 0.224 e. The van der Waals surface area contributed by atoms with Crippen LogP contribution in [0.15, 0.2) is 83.7 Å². The van der Waals surface area contributed by atoms with E-state index in [-0.39, 0.29) is 5.88 Å². The number of aromatic nitrogens is 4. The summed E-state index contributed by atoms with van der Waals surface area (Å²) >= 11 is 0. The Hall–Kier alpha value is -4.64. The number of allylic oxidation sites excluding steroid dienone is 1. The molecule has 6 rings (SSSR count). The van der Waals surface area contributed by atoms with Crippen LogP contribution in [0.3, 0.4) is 0 Å². The van der Waals surface area contributed by atoms with Gasteiger partial charge in [0.05, 0.1) is 30.1 Å². The SMILES string of the molecule is Cn1nc(C2=NCc3ccccc32)c2c1OC(N)=C(C#N)C2c1ccc(-n2ccnc2)cc1. The number of fused-ring (bicyclic) bond motifs is 2. The fraction of sp³-hybridized carbons (Fsp3) is 0.120. The van der Waals surface area contributed by atoms with E-state index < -0.39 is 5.92 Å². The molecule has 33 heavy (non-hydrogen) atoms. The maximum absolute atomic E-state index is 10.0. The van der Waals surface area contributed by atoms with Crippen molar-refractivity contribution in [3.05, 3.63) is 107 Å². The van der Waals surface area contributed by atoms with Gasteiger partial charge >= 0.3 is 0 Å². The third-order valence-corrected chi connectivity index (χ3v) is 6.13. The van der Waals surface area contributed by atoms with Crippen molar-refractivity contribution in [2.45, 2.75) is 12.5 Å². The molecule has 0 fully saturated rings. The number of rotatable bonds is 3. The molecule has 0 spiro atoms. The van der Waals surface area contributed by atoms with E-state index in [9.17, 15) is 5.26 Å². The summed E-state index contributed by atoms with van der Waals surface area (Å²) in [5.41, 5.74) is 13.0. The van der Waals surface area contributed by atoms with Gasteiger partial charge in [-0.25, -0.2) is 9.67 Å². The number of nitrogens with zero attached hydrogens (tertiary/aromatic N) is 6. The minimum Gasteiger partial charge on any atom is -0.422 e. The average Bonchev–Trinajstić information content (AvgIpc) is 3.58. The lowest BCUT2D eigenvalue weighted by molar-refractivity contribution is 0.358. The van der Waals surface area contributed by atoms with Gasteiger partial charge in [0.2, 0.25) is 11.8 Å². The maximum Gasteiger partial charge on any atom is 0.224 e. The normalized spacial score (nSPS) is 16.6. The molecule has 8 heteroatoms. The van der Waals surface area contributed by atoms with Gasteiger partial charge in [0.1, 0.15) is 17.3 Å². The molecule has 0 bridgehead atoms. The lowest BCUT2D eigenvalue weighted by Gasteiger charge is -2.25. The van der Waals surface area contributed by atoms with E-state index in [1.54, 1.807) is 17.2 Å². The molecule has 0 radical (unpaired) electrons. The van der Waals surface area contributed by atoms with Gasteiger partial charge in [0.25, 0.3) is 0 Å². The van der Waals surface area contributed by atoms with E-state index in [1.165, 1.54) is 0 Å². The Morgan fingerprint density at radius 1 is 1.15 bits per heavy atom. The zero-order valence-corrected chi connectivity index (χ0v) is 17.8. The van der Waals surface area contributed by atoms with E-state index in [0.717, 1.165) is 33.7 Å². The second kappa shape index (κ2) is 7.21. The van der Waals surface area contributed by atoms with Crippen molar-refractivity contribution in [1.29, 1.82) is 5.26 Å². The van der Waals surface area contributed by atoms with Crippen LogP contribution in [0.4, 0.5) is 0 Å². The quantitative estimate of drug-likeness (QED) is 0.534. The number of benzene rings is 2. The van der Waals surface area contributed by atoms with E-state index in [0.29, 0.717) is 23.7 Å². The van der Waals surface area contributed by atoms with Crippen LogP contribution < -0.4 is 10.5 Å². The summed E-state index contributed by atoms with van der Waals surface area (Å²) in [4.78, 5) is 8.89. The topological polar surface area (TPSA) is 107 Å². The second-order valence-electron chi connectivity index (χ2n) is 8.00. The second-order valence-corrected chi connectivity index (χ2v) is 8.00. The third-order valence-electron chi connectivity index (χ3n) is 6.13. The van der Waals surface area contributed by atoms with Gasteiger partial charge in [-0.3, -0.25) is 4.99 Å². The molecule has 4 aromatic rings. The van der Waals surface area contributed by atoms with E-state index in [4.69, 9.17) is 20.6 Å². The molecule has 2 aromatic carbocycles. The summed E-state index contributed by atoms with van der Waals surface area (Å²) in [5, 5.41) is 14.8. The van der Waals surface area contributed by atoms with Crippen molar-refractivity contribution in [3.8, 4) is 17.6 Å². The molecule has 4 heterocycles. The predicted octanol–water partition coefficient (Wildman–Crippen LogP) is 3.17. The number of imidazole rings is 1. The van der Waals surface area contributed by atoms with Crippen LogP contribution >= 0.6 is 0 Å². The molecule has 1 atom stereocenters.